The van der Waals surface area contributed by atoms with Gasteiger partial charge in [0.05, 0.1) is 24.5 Å². The van der Waals surface area contributed by atoms with E-state index in [2.05, 4.69) is 22.6 Å². The topological polar surface area (TPSA) is 80.8 Å². The predicted molar refractivity (Wildman–Crippen MR) is 135 cm³/mol. The van der Waals surface area contributed by atoms with Gasteiger partial charge in [0, 0.05) is 14.7 Å². The number of carbonyl (C=O) groups excluding carboxylic acids is 4. The Balaban J connectivity index is 1.48. The number of carbonyl (C=O) groups is 4. The number of imide groups is 1. The number of benzene rings is 3. The van der Waals surface area contributed by atoms with Crippen molar-refractivity contribution in [2.75, 3.05) is 0 Å². The summed E-state index contributed by atoms with van der Waals surface area (Å²) in [5.74, 6) is -4.22. The van der Waals surface area contributed by atoms with E-state index in [4.69, 9.17) is 4.74 Å². The Morgan fingerprint density at radius 2 is 1.43 bits per heavy atom. The monoisotopic (exact) mass is 577 g/mol. The molecule has 2 fully saturated rings. The van der Waals surface area contributed by atoms with E-state index < -0.39 is 46.9 Å². The van der Waals surface area contributed by atoms with Crippen LogP contribution in [0.5, 0.6) is 0 Å². The number of ketones is 2. The van der Waals surface area contributed by atoms with E-state index in [9.17, 15) is 19.2 Å². The molecule has 3 aromatic rings. The number of likely N-dealkylation sites (tertiary alicyclic amines) is 1. The van der Waals surface area contributed by atoms with Gasteiger partial charge in [-0.2, -0.15) is 0 Å². The zero-order valence-corrected chi connectivity index (χ0v) is 20.9. The second kappa shape index (κ2) is 7.93. The molecule has 0 radical (unpaired) electrons. The molecule has 3 aliphatic rings. The van der Waals surface area contributed by atoms with E-state index in [1.165, 1.54) is 4.90 Å². The molecule has 3 atom stereocenters. The van der Waals surface area contributed by atoms with Crippen LogP contribution in [-0.4, -0.2) is 33.9 Å². The lowest BCUT2D eigenvalue weighted by Crippen LogP contribution is -2.50. The van der Waals surface area contributed by atoms with Crippen LogP contribution in [0.2, 0.25) is 0 Å². The summed E-state index contributed by atoms with van der Waals surface area (Å²) in [6.07, 6.45) is -0.890. The molecule has 174 valence electrons. The molecular formula is C28H20INO5. The number of aryl methyl sites for hydroxylation is 1. The highest BCUT2D eigenvalue weighted by molar-refractivity contribution is 14.1. The Kier molecular flexibility index (Phi) is 5.05. The normalized spacial score (nSPS) is 24.4. The molecule has 2 amide bonds. The summed E-state index contributed by atoms with van der Waals surface area (Å²) in [7, 11) is 0. The molecule has 3 aromatic carbocycles. The summed E-state index contributed by atoms with van der Waals surface area (Å²) >= 11 is 2.18. The summed E-state index contributed by atoms with van der Waals surface area (Å²) in [5.41, 5.74) is 0.957. The number of hydrogen-bond donors (Lipinski definition) is 0. The number of halogens is 1. The number of hydrogen-bond acceptors (Lipinski definition) is 5. The second-order valence-electron chi connectivity index (χ2n) is 9.28. The first-order chi connectivity index (χ1) is 16.8. The number of rotatable bonds is 3. The van der Waals surface area contributed by atoms with Gasteiger partial charge in [-0.05, 0) is 52.8 Å². The predicted octanol–water partition coefficient (Wildman–Crippen LogP) is 4.29. The Labute approximate surface area is 215 Å². The fourth-order valence-electron chi connectivity index (χ4n) is 5.56. The maximum absolute atomic E-state index is 13.8. The lowest BCUT2D eigenvalue weighted by molar-refractivity contribution is -0.145. The molecule has 0 aromatic heterocycles. The second-order valence-corrected chi connectivity index (χ2v) is 10.5. The Morgan fingerprint density at radius 1 is 0.829 bits per heavy atom. The van der Waals surface area contributed by atoms with E-state index in [0.29, 0.717) is 5.56 Å². The molecule has 1 aliphatic carbocycles. The first-order valence-electron chi connectivity index (χ1n) is 11.4. The Hall–Kier alpha value is -3.17. The van der Waals surface area contributed by atoms with Crippen molar-refractivity contribution in [3.63, 3.8) is 0 Å². The van der Waals surface area contributed by atoms with Gasteiger partial charge in [0.1, 0.15) is 0 Å². The van der Waals surface area contributed by atoms with Gasteiger partial charge < -0.3 is 4.74 Å². The SMILES string of the molecule is Cc1ccc(CN2C(=O)[C@H]3[C@@H](C2=O)C2(O[C@H]3c3ccc(I)cc3)C(=O)c3ccccc3C2=O)cc1. The van der Waals surface area contributed by atoms with Crippen LogP contribution in [0.1, 0.15) is 43.5 Å². The van der Waals surface area contributed by atoms with Gasteiger partial charge in [0.2, 0.25) is 29.0 Å². The lowest BCUT2D eigenvalue weighted by atomic mass is 9.77. The zero-order valence-electron chi connectivity index (χ0n) is 18.7. The van der Waals surface area contributed by atoms with Crippen LogP contribution in [0, 0.1) is 22.3 Å². The third-order valence-corrected chi connectivity index (χ3v) is 7.99. The summed E-state index contributed by atoms with van der Waals surface area (Å²) in [6.45, 7) is 2.04. The molecule has 6 nitrogen and oxygen atoms in total. The molecular weight excluding hydrogens is 557 g/mol. The molecule has 2 heterocycles. The van der Waals surface area contributed by atoms with Crippen molar-refractivity contribution in [1.82, 2.24) is 4.90 Å². The van der Waals surface area contributed by atoms with Gasteiger partial charge >= 0.3 is 0 Å². The van der Waals surface area contributed by atoms with Crippen LogP contribution in [-0.2, 0) is 20.9 Å². The average Bonchev–Trinajstić information content (AvgIpc) is 3.42. The molecule has 0 bridgehead atoms. The number of Topliss-reactive ketones (excluding diaryl/α,β-unsaturated/α-hetero) is 2. The molecule has 0 unspecified atom stereocenters. The minimum atomic E-state index is -2.03. The minimum Gasteiger partial charge on any atom is -0.349 e. The van der Waals surface area contributed by atoms with Crippen molar-refractivity contribution in [2.45, 2.75) is 25.2 Å². The highest BCUT2D eigenvalue weighted by Gasteiger charge is 2.74. The van der Waals surface area contributed by atoms with E-state index >= 15 is 0 Å². The summed E-state index contributed by atoms with van der Waals surface area (Å²) in [4.78, 5) is 56.2. The van der Waals surface area contributed by atoms with Gasteiger partial charge in [0.15, 0.2) is 0 Å². The van der Waals surface area contributed by atoms with Crippen molar-refractivity contribution < 1.29 is 23.9 Å². The van der Waals surface area contributed by atoms with E-state index in [0.717, 1.165) is 14.7 Å². The quantitative estimate of drug-likeness (QED) is 0.264. The number of amides is 2. The van der Waals surface area contributed by atoms with Crippen molar-refractivity contribution in [3.05, 3.63) is 104 Å². The summed E-state index contributed by atoms with van der Waals surface area (Å²) < 4.78 is 7.29. The van der Waals surface area contributed by atoms with Crippen LogP contribution in [0.15, 0.2) is 72.8 Å². The lowest BCUT2D eigenvalue weighted by Gasteiger charge is -2.27. The van der Waals surface area contributed by atoms with Gasteiger partial charge in [0.25, 0.3) is 0 Å². The van der Waals surface area contributed by atoms with Crippen LogP contribution in [0.4, 0.5) is 0 Å². The van der Waals surface area contributed by atoms with Crippen molar-refractivity contribution >= 4 is 46.0 Å². The summed E-state index contributed by atoms with van der Waals surface area (Å²) in [5, 5.41) is 0. The molecule has 6 rings (SSSR count). The molecule has 2 aliphatic heterocycles. The van der Waals surface area contributed by atoms with Crippen LogP contribution >= 0.6 is 22.6 Å². The highest BCUT2D eigenvalue weighted by Crippen LogP contribution is 2.57. The molecule has 35 heavy (non-hydrogen) atoms. The average molecular weight is 577 g/mol. The van der Waals surface area contributed by atoms with Crippen molar-refractivity contribution in [3.8, 4) is 0 Å². The standard InChI is InChI=1S/C28H20INO5/c1-15-6-8-16(9-7-15)14-30-26(33)21-22(27(30)34)28(35-23(21)17-10-12-18(29)13-11-17)24(31)19-4-2-3-5-20(19)25(28)32/h2-13,21-23H,14H2,1H3/t21-,22-,23-/m0/s1. The highest BCUT2D eigenvalue weighted by atomic mass is 127. The smallest absolute Gasteiger partial charge is 0.237 e. The molecule has 0 N–H and O–H groups in total. The van der Waals surface area contributed by atoms with Gasteiger partial charge in [-0.1, -0.05) is 66.2 Å². The van der Waals surface area contributed by atoms with E-state index in [1.807, 2.05) is 55.5 Å². The van der Waals surface area contributed by atoms with Crippen molar-refractivity contribution in [1.29, 1.82) is 0 Å². The van der Waals surface area contributed by atoms with E-state index in [-0.39, 0.29) is 17.7 Å². The maximum atomic E-state index is 13.8. The van der Waals surface area contributed by atoms with Crippen molar-refractivity contribution in [2.24, 2.45) is 11.8 Å². The van der Waals surface area contributed by atoms with Crippen LogP contribution in [0.3, 0.4) is 0 Å². The van der Waals surface area contributed by atoms with E-state index in [1.54, 1.807) is 24.3 Å². The summed E-state index contributed by atoms with van der Waals surface area (Å²) in [6, 6.07) is 21.5. The zero-order chi connectivity index (χ0) is 24.5. The molecule has 1 spiro atoms. The molecule has 7 heteroatoms. The fourth-order valence-corrected chi connectivity index (χ4v) is 5.92. The number of ether oxygens (including phenoxy) is 1. The first kappa shape index (κ1) is 22.3. The third-order valence-electron chi connectivity index (χ3n) is 7.27. The number of fused-ring (bicyclic) bond motifs is 3. The van der Waals surface area contributed by atoms with Gasteiger partial charge in [-0.15, -0.1) is 0 Å². The Morgan fingerprint density at radius 3 is 2.03 bits per heavy atom. The molecule has 0 saturated carbocycles. The van der Waals surface area contributed by atoms with Crippen LogP contribution < -0.4 is 0 Å². The Bertz CT molecular complexity index is 1380. The fraction of sp³-hybridized carbons (Fsp3) is 0.214. The van der Waals surface area contributed by atoms with Gasteiger partial charge in [-0.25, -0.2) is 0 Å². The first-order valence-corrected chi connectivity index (χ1v) is 12.4. The third kappa shape index (κ3) is 3.11. The number of nitrogens with zero attached hydrogens (tertiary/aromatic N) is 1. The minimum absolute atomic E-state index is 0.0791. The maximum Gasteiger partial charge on any atom is 0.237 e. The molecule has 2 saturated heterocycles. The largest absolute Gasteiger partial charge is 0.349 e. The van der Waals surface area contributed by atoms with Gasteiger partial charge in [-0.3, -0.25) is 24.1 Å². The van der Waals surface area contributed by atoms with Crippen LogP contribution in [0.25, 0.3) is 0 Å².